The molecule has 108 valence electrons. The summed E-state index contributed by atoms with van der Waals surface area (Å²) < 4.78 is 4.95. The van der Waals surface area contributed by atoms with E-state index in [4.69, 9.17) is 4.74 Å². The van der Waals surface area contributed by atoms with Crippen LogP contribution in [0.25, 0.3) is 6.08 Å². The maximum Gasteiger partial charge on any atom is 0.328 e. The Morgan fingerprint density at radius 1 is 1.25 bits per heavy atom. The lowest BCUT2D eigenvalue weighted by Crippen LogP contribution is -2.44. The van der Waals surface area contributed by atoms with Gasteiger partial charge in [0.05, 0.1) is 6.61 Å². The van der Waals surface area contributed by atoms with Crippen LogP contribution in [0.1, 0.15) is 26.3 Å². The fourth-order valence-corrected chi connectivity index (χ4v) is 1.67. The molecule has 0 heterocycles. The molecule has 0 aliphatic heterocycles. The molecule has 0 saturated heterocycles. The van der Waals surface area contributed by atoms with Crippen molar-refractivity contribution in [3.05, 3.63) is 42.0 Å². The summed E-state index contributed by atoms with van der Waals surface area (Å²) in [5.41, 5.74) is 0.930. The van der Waals surface area contributed by atoms with Gasteiger partial charge in [-0.05, 0) is 24.5 Å². The fourth-order valence-electron chi connectivity index (χ4n) is 1.67. The van der Waals surface area contributed by atoms with Crippen LogP contribution in [0.15, 0.2) is 36.4 Å². The van der Waals surface area contributed by atoms with Crippen LogP contribution < -0.4 is 5.32 Å². The Hall–Kier alpha value is -2.10. The third-order valence-corrected chi connectivity index (χ3v) is 2.73. The van der Waals surface area contributed by atoms with Gasteiger partial charge in [-0.15, -0.1) is 0 Å². The van der Waals surface area contributed by atoms with Crippen molar-refractivity contribution in [2.24, 2.45) is 5.92 Å². The smallest absolute Gasteiger partial charge is 0.328 e. The van der Waals surface area contributed by atoms with Crippen molar-refractivity contribution in [3.8, 4) is 0 Å². The van der Waals surface area contributed by atoms with Crippen molar-refractivity contribution in [1.29, 1.82) is 0 Å². The second kappa shape index (κ2) is 8.15. The molecule has 0 aliphatic carbocycles. The number of ether oxygens (including phenoxy) is 1. The summed E-state index contributed by atoms with van der Waals surface area (Å²) in [5, 5.41) is 2.67. The number of carbonyl (C=O) groups is 2. The van der Waals surface area contributed by atoms with Gasteiger partial charge < -0.3 is 10.1 Å². The summed E-state index contributed by atoms with van der Waals surface area (Å²) in [6, 6.07) is 8.87. The Balaban J connectivity index is 2.63. The van der Waals surface area contributed by atoms with E-state index in [1.165, 1.54) is 6.08 Å². The number of hydrogen-bond acceptors (Lipinski definition) is 3. The summed E-state index contributed by atoms with van der Waals surface area (Å²) in [7, 11) is 0. The minimum atomic E-state index is -0.622. The first-order valence-electron chi connectivity index (χ1n) is 6.74. The van der Waals surface area contributed by atoms with Gasteiger partial charge in [0.2, 0.25) is 5.91 Å². The lowest BCUT2D eigenvalue weighted by molar-refractivity contribution is -0.148. The third kappa shape index (κ3) is 5.26. The molecule has 1 amide bonds. The molecule has 0 radical (unpaired) electrons. The maximum atomic E-state index is 11.8. The number of esters is 1. The van der Waals surface area contributed by atoms with Crippen LogP contribution in [-0.4, -0.2) is 24.5 Å². The lowest BCUT2D eigenvalue weighted by atomic mass is 10.0. The largest absolute Gasteiger partial charge is 0.464 e. The van der Waals surface area contributed by atoms with Gasteiger partial charge in [0.25, 0.3) is 0 Å². The minimum absolute atomic E-state index is 0.0249. The van der Waals surface area contributed by atoms with E-state index in [9.17, 15) is 9.59 Å². The van der Waals surface area contributed by atoms with E-state index in [1.54, 1.807) is 13.0 Å². The highest BCUT2D eigenvalue weighted by Crippen LogP contribution is 2.05. The summed E-state index contributed by atoms with van der Waals surface area (Å²) in [6.45, 7) is 5.77. The number of hydrogen-bond donors (Lipinski definition) is 1. The highest BCUT2D eigenvalue weighted by Gasteiger charge is 2.24. The first-order chi connectivity index (χ1) is 9.54. The van der Waals surface area contributed by atoms with Crippen molar-refractivity contribution < 1.29 is 14.3 Å². The Morgan fingerprint density at radius 2 is 1.90 bits per heavy atom. The van der Waals surface area contributed by atoms with Gasteiger partial charge in [0, 0.05) is 6.08 Å². The summed E-state index contributed by atoms with van der Waals surface area (Å²) in [6.07, 6.45) is 3.13. The first-order valence-corrected chi connectivity index (χ1v) is 6.74. The molecule has 4 nitrogen and oxygen atoms in total. The predicted molar refractivity (Wildman–Crippen MR) is 78.9 cm³/mol. The van der Waals surface area contributed by atoms with Crippen molar-refractivity contribution in [3.63, 3.8) is 0 Å². The van der Waals surface area contributed by atoms with E-state index in [0.29, 0.717) is 6.61 Å². The Morgan fingerprint density at radius 3 is 2.45 bits per heavy atom. The van der Waals surface area contributed by atoms with Crippen LogP contribution in [0.2, 0.25) is 0 Å². The van der Waals surface area contributed by atoms with Crippen LogP contribution in [-0.2, 0) is 14.3 Å². The molecule has 0 spiro atoms. The highest BCUT2D eigenvalue weighted by molar-refractivity contribution is 5.94. The maximum absolute atomic E-state index is 11.8. The predicted octanol–water partition coefficient (Wildman–Crippen LogP) is 2.40. The zero-order chi connectivity index (χ0) is 15.0. The molecule has 0 bridgehead atoms. The zero-order valence-electron chi connectivity index (χ0n) is 12.1. The normalized spacial score (nSPS) is 12.4. The molecular weight excluding hydrogens is 254 g/mol. The van der Waals surface area contributed by atoms with Gasteiger partial charge in [-0.2, -0.15) is 0 Å². The molecule has 1 atom stereocenters. The van der Waals surface area contributed by atoms with Crippen molar-refractivity contribution >= 4 is 18.0 Å². The molecule has 1 aromatic rings. The molecule has 0 aromatic heterocycles. The second-order valence-electron chi connectivity index (χ2n) is 4.73. The van der Waals surface area contributed by atoms with Gasteiger partial charge in [-0.1, -0.05) is 44.2 Å². The monoisotopic (exact) mass is 275 g/mol. The fraction of sp³-hybridized carbons (Fsp3) is 0.375. The molecule has 1 N–H and O–H groups in total. The van der Waals surface area contributed by atoms with Gasteiger partial charge >= 0.3 is 5.97 Å². The Kier molecular flexibility index (Phi) is 6.50. The second-order valence-corrected chi connectivity index (χ2v) is 4.73. The SMILES string of the molecule is CCOC(=O)[C@H](NC(=O)/C=C/c1ccccc1)C(C)C. The average Bonchev–Trinajstić information content (AvgIpc) is 2.43. The van der Waals surface area contributed by atoms with E-state index >= 15 is 0 Å². The average molecular weight is 275 g/mol. The number of benzene rings is 1. The minimum Gasteiger partial charge on any atom is -0.464 e. The third-order valence-electron chi connectivity index (χ3n) is 2.73. The van der Waals surface area contributed by atoms with E-state index < -0.39 is 12.0 Å². The lowest BCUT2D eigenvalue weighted by Gasteiger charge is -2.19. The molecule has 0 aliphatic rings. The van der Waals surface area contributed by atoms with E-state index in [-0.39, 0.29) is 11.8 Å². The van der Waals surface area contributed by atoms with E-state index in [0.717, 1.165) is 5.56 Å². The highest BCUT2D eigenvalue weighted by atomic mass is 16.5. The Bertz CT molecular complexity index is 466. The molecular formula is C16H21NO3. The molecule has 0 fully saturated rings. The quantitative estimate of drug-likeness (QED) is 0.640. The molecule has 1 aromatic carbocycles. The standard InChI is InChI=1S/C16H21NO3/c1-4-20-16(19)15(12(2)3)17-14(18)11-10-13-8-6-5-7-9-13/h5-12,15H,4H2,1-3H3,(H,17,18)/b11-10+/t15-/m1/s1. The van der Waals surface area contributed by atoms with Crippen LogP contribution in [0, 0.1) is 5.92 Å². The van der Waals surface area contributed by atoms with E-state index in [1.807, 2.05) is 44.2 Å². The van der Waals surface area contributed by atoms with Crippen LogP contribution in [0.4, 0.5) is 0 Å². The van der Waals surface area contributed by atoms with Crippen molar-refractivity contribution in [2.75, 3.05) is 6.61 Å². The van der Waals surface area contributed by atoms with Crippen LogP contribution >= 0.6 is 0 Å². The topological polar surface area (TPSA) is 55.4 Å². The van der Waals surface area contributed by atoms with Gasteiger partial charge in [0.1, 0.15) is 6.04 Å². The molecule has 4 heteroatoms. The van der Waals surface area contributed by atoms with Gasteiger partial charge in [-0.3, -0.25) is 4.79 Å². The van der Waals surface area contributed by atoms with Crippen LogP contribution in [0.5, 0.6) is 0 Å². The summed E-state index contributed by atoms with van der Waals surface area (Å²) >= 11 is 0. The molecule has 20 heavy (non-hydrogen) atoms. The Labute approximate surface area is 119 Å². The molecule has 0 unspecified atom stereocenters. The number of carbonyl (C=O) groups excluding carboxylic acids is 2. The van der Waals surface area contributed by atoms with Crippen molar-refractivity contribution in [2.45, 2.75) is 26.8 Å². The number of rotatable bonds is 6. The van der Waals surface area contributed by atoms with Crippen LogP contribution in [0.3, 0.4) is 0 Å². The number of amides is 1. The zero-order valence-corrected chi connectivity index (χ0v) is 12.1. The number of nitrogens with one attached hydrogen (secondary N) is 1. The summed E-state index contributed by atoms with van der Waals surface area (Å²) in [4.78, 5) is 23.6. The summed E-state index contributed by atoms with van der Waals surface area (Å²) in [5.74, 6) is -0.729. The van der Waals surface area contributed by atoms with Crippen molar-refractivity contribution in [1.82, 2.24) is 5.32 Å². The first kappa shape index (κ1) is 16.0. The van der Waals surface area contributed by atoms with E-state index in [2.05, 4.69) is 5.32 Å². The molecule has 1 rings (SSSR count). The molecule has 0 saturated carbocycles. The van der Waals surface area contributed by atoms with Gasteiger partial charge in [0.15, 0.2) is 0 Å². The van der Waals surface area contributed by atoms with Gasteiger partial charge in [-0.25, -0.2) is 4.79 Å².